The van der Waals surface area contributed by atoms with Crippen molar-refractivity contribution < 1.29 is 4.79 Å². The summed E-state index contributed by atoms with van der Waals surface area (Å²) in [4.78, 5) is 11.7. The van der Waals surface area contributed by atoms with Gasteiger partial charge in [-0.2, -0.15) is 0 Å². The monoisotopic (exact) mass is 283 g/mol. The van der Waals surface area contributed by atoms with Gasteiger partial charge >= 0.3 is 0 Å². The smallest absolute Gasteiger partial charge is 0.230 e. The fourth-order valence-electron chi connectivity index (χ4n) is 2.23. The predicted octanol–water partition coefficient (Wildman–Crippen LogP) is 3.63. The molecule has 1 aromatic rings. The SMILES string of the molecule is O=C(CSCc1cccc(Cl)c1)NC1CCCC1. The molecule has 0 radical (unpaired) electrons. The van der Waals surface area contributed by atoms with Crippen LogP contribution in [-0.2, 0) is 10.5 Å². The number of nitrogens with one attached hydrogen (secondary N) is 1. The van der Waals surface area contributed by atoms with Crippen molar-refractivity contribution in [2.45, 2.75) is 37.5 Å². The summed E-state index contributed by atoms with van der Waals surface area (Å²) in [5.74, 6) is 1.52. The Kier molecular flexibility index (Phi) is 5.39. The molecular weight excluding hydrogens is 266 g/mol. The van der Waals surface area contributed by atoms with Crippen molar-refractivity contribution >= 4 is 29.3 Å². The topological polar surface area (TPSA) is 29.1 Å². The summed E-state index contributed by atoms with van der Waals surface area (Å²) in [5, 5.41) is 3.84. The fourth-order valence-corrected chi connectivity index (χ4v) is 3.23. The van der Waals surface area contributed by atoms with Gasteiger partial charge < -0.3 is 5.32 Å². The zero-order valence-corrected chi connectivity index (χ0v) is 11.9. The summed E-state index contributed by atoms with van der Waals surface area (Å²) in [6.45, 7) is 0. The van der Waals surface area contributed by atoms with E-state index in [-0.39, 0.29) is 5.91 Å². The number of halogens is 1. The van der Waals surface area contributed by atoms with E-state index in [1.54, 1.807) is 11.8 Å². The van der Waals surface area contributed by atoms with Gasteiger partial charge in [0.2, 0.25) is 5.91 Å². The summed E-state index contributed by atoms with van der Waals surface area (Å²) in [6.07, 6.45) is 4.79. The van der Waals surface area contributed by atoms with Crippen molar-refractivity contribution in [1.29, 1.82) is 0 Å². The largest absolute Gasteiger partial charge is 0.353 e. The van der Waals surface area contributed by atoms with Gasteiger partial charge in [0.25, 0.3) is 0 Å². The van der Waals surface area contributed by atoms with Crippen molar-refractivity contribution in [2.24, 2.45) is 0 Å². The highest BCUT2D eigenvalue weighted by Crippen LogP contribution is 2.19. The molecule has 0 heterocycles. The van der Waals surface area contributed by atoms with Gasteiger partial charge in [-0.25, -0.2) is 0 Å². The van der Waals surface area contributed by atoms with Crippen molar-refractivity contribution in [2.75, 3.05) is 5.75 Å². The number of rotatable bonds is 5. The van der Waals surface area contributed by atoms with Gasteiger partial charge in [0.15, 0.2) is 0 Å². The van der Waals surface area contributed by atoms with Crippen LogP contribution in [0, 0.1) is 0 Å². The number of carbonyl (C=O) groups is 1. The van der Waals surface area contributed by atoms with Crippen LogP contribution < -0.4 is 5.32 Å². The number of carbonyl (C=O) groups excluding carboxylic acids is 1. The lowest BCUT2D eigenvalue weighted by molar-refractivity contribution is -0.119. The van der Waals surface area contributed by atoms with E-state index in [4.69, 9.17) is 11.6 Å². The molecule has 2 rings (SSSR count). The number of amides is 1. The van der Waals surface area contributed by atoms with Crippen LogP contribution in [-0.4, -0.2) is 17.7 Å². The maximum Gasteiger partial charge on any atom is 0.230 e. The molecule has 0 aromatic heterocycles. The lowest BCUT2D eigenvalue weighted by atomic mass is 10.2. The summed E-state index contributed by atoms with van der Waals surface area (Å²) in [5.41, 5.74) is 1.17. The van der Waals surface area contributed by atoms with Gasteiger partial charge in [0.05, 0.1) is 5.75 Å². The lowest BCUT2D eigenvalue weighted by Crippen LogP contribution is -2.33. The van der Waals surface area contributed by atoms with Crippen LogP contribution in [0.2, 0.25) is 5.02 Å². The van der Waals surface area contributed by atoms with Crippen molar-refractivity contribution in [3.8, 4) is 0 Å². The van der Waals surface area contributed by atoms with Gasteiger partial charge in [0.1, 0.15) is 0 Å². The Balaban J connectivity index is 1.66. The van der Waals surface area contributed by atoms with E-state index in [2.05, 4.69) is 5.32 Å². The summed E-state index contributed by atoms with van der Waals surface area (Å²) in [7, 11) is 0. The predicted molar refractivity (Wildman–Crippen MR) is 78.0 cm³/mol. The van der Waals surface area contributed by atoms with Crippen LogP contribution in [0.5, 0.6) is 0 Å². The Morgan fingerprint density at radius 1 is 1.39 bits per heavy atom. The van der Waals surface area contributed by atoms with Crippen LogP contribution in [0.4, 0.5) is 0 Å². The van der Waals surface area contributed by atoms with E-state index < -0.39 is 0 Å². The normalized spacial score (nSPS) is 15.8. The molecule has 0 saturated heterocycles. The van der Waals surface area contributed by atoms with Gasteiger partial charge in [-0.05, 0) is 30.5 Å². The van der Waals surface area contributed by atoms with E-state index in [9.17, 15) is 4.79 Å². The Hall–Kier alpha value is -0.670. The third kappa shape index (κ3) is 4.54. The molecule has 0 bridgehead atoms. The maximum atomic E-state index is 11.7. The number of thioether (sulfide) groups is 1. The van der Waals surface area contributed by atoms with Gasteiger partial charge in [0, 0.05) is 16.8 Å². The minimum absolute atomic E-state index is 0.161. The molecular formula is C14H18ClNOS. The molecule has 1 N–H and O–H groups in total. The van der Waals surface area contributed by atoms with Gasteiger partial charge in [-0.15, -0.1) is 11.8 Å². The minimum atomic E-state index is 0.161. The Bertz CT molecular complexity index is 405. The summed E-state index contributed by atoms with van der Waals surface area (Å²) < 4.78 is 0. The molecule has 1 amide bonds. The molecule has 1 aliphatic carbocycles. The molecule has 1 aliphatic rings. The molecule has 0 spiro atoms. The molecule has 4 heteroatoms. The average molecular weight is 284 g/mol. The third-order valence-corrected chi connectivity index (χ3v) is 4.35. The molecule has 0 aliphatic heterocycles. The fraction of sp³-hybridized carbons (Fsp3) is 0.500. The van der Waals surface area contributed by atoms with Crippen LogP contribution in [0.3, 0.4) is 0 Å². The highest BCUT2D eigenvalue weighted by atomic mass is 35.5. The molecule has 0 atom stereocenters. The van der Waals surface area contributed by atoms with Gasteiger partial charge in [-0.1, -0.05) is 36.6 Å². The lowest BCUT2D eigenvalue weighted by Gasteiger charge is -2.11. The molecule has 1 saturated carbocycles. The molecule has 18 heavy (non-hydrogen) atoms. The second-order valence-corrected chi connectivity index (χ2v) is 6.09. The Morgan fingerprint density at radius 3 is 2.89 bits per heavy atom. The van der Waals surface area contributed by atoms with Crippen LogP contribution in [0.15, 0.2) is 24.3 Å². The average Bonchev–Trinajstić information content (AvgIpc) is 2.82. The standard InChI is InChI=1S/C14H18ClNOS/c15-12-5-3-4-11(8-12)9-18-10-14(17)16-13-6-1-2-7-13/h3-5,8,13H,1-2,6-7,9-10H2,(H,16,17). The zero-order valence-electron chi connectivity index (χ0n) is 10.3. The Morgan fingerprint density at radius 2 is 2.17 bits per heavy atom. The minimum Gasteiger partial charge on any atom is -0.353 e. The van der Waals surface area contributed by atoms with E-state index in [0.29, 0.717) is 11.8 Å². The third-order valence-electron chi connectivity index (χ3n) is 3.11. The molecule has 1 aromatic carbocycles. The van der Waals surface area contributed by atoms with Crippen molar-refractivity contribution in [3.63, 3.8) is 0 Å². The zero-order chi connectivity index (χ0) is 12.8. The van der Waals surface area contributed by atoms with Crippen LogP contribution in [0.25, 0.3) is 0 Å². The summed E-state index contributed by atoms with van der Waals surface area (Å²) >= 11 is 7.55. The second kappa shape index (κ2) is 7.05. The van der Waals surface area contributed by atoms with Gasteiger partial charge in [-0.3, -0.25) is 4.79 Å². The van der Waals surface area contributed by atoms with Crippen LogP contribution in [0.1, 0.15) is 31.2 Å². The maximum absolute atomic E-state index is 11.7. The van der Waals surface area contributed by atoms with E-state index in [0.717, 1.165) is 23.6 Å². The molecule has 98 valence electrons. The highest BCUT2D eigenvalue weighted by Gasteiger charge is 2.16. The first kappa shape index (κ1) is 13.8. The number of hydrogen-bond acceptors (Lipinski definition) is 2. The summed E-state index contributed by atoms with van der Waals surface area (Å²) in [6, 6.07) is 8.21. The van der Waals surface area contributed by atoms with Crippen molar-refractivity contribution in [3.05, 3.63) is 34.9 Å². The first-order valence-electron chi connectivity index (χ1n) is 6.35. The molecule has 2 nitrogen and oxygen atoms in total. The van der Waals surface area contributed by atoms with Crippen LogP contribution >= 0.6 is 23.4 Å². The van der Waals surface area contributed by atoms with E-state index in [1.807, 2.05) is 24.3 Å². The number of benzene rings is 1. The second-order valence-electron chi connectivity index (χ2n) is 4.67. The molecule has 0 unspecified atom stereocenters. The Labute approximate surface area is 117 Å². The quantitative estimate of drug-likeness (QED) is 0.894. The number of hydrogen-bond donors (Lipinski definition) is 1. The first-order chi connectivity index (χ1) is 8.74. The van der Waals surface area contributed by atoms with E-state index >= 15 is 0 Å². The van der Waals surface area contributed by atoms with Crippen molar-refractivity contribution in [1.82, 2.24) is 5.32 Å². The van der Waals surface area contributed by atoms with E-state index in [1.165, 1.54) is 18.4 Å². The first-order valence-corrected chi connectivity index (χ1v) is 7.89. The molecule has 1 fully saturated rings. The highest BCUT2D eigenvalue weighted by molar-refractivity contribution is 7.99.